The number of aromatic nitrogens is 1. The number of hydrogen-bond donors (Lipinski definition) is 0. The van der Waals surface area contributed by atoms with Gasteiger partial charge in [0.25, 0.3) is 5.91 Å². The molecule has 1 aromatic heterocycles. The highest BCUT2D eigenvalue weighted by Gasteiger charge is 2.34. The third-order valence-corrected chi connectivity index (χ3v) is 7.52. The quantitative estimate of drug-likeness (QED) is 0.495. The standard InChI is InChI=1S/C25H26N2O5S/c1-2-13-27(19-12-14-33(30,31)17-19)24(28)16-32-25(29)21-15-23(18-8-4-3-5-9-18)26-22-11-7-6-10-20(21)22/h3-11,15,19H,2,12-14,16-17H2,1H3/t19-/m0/s1. The first kappa shape index (κ1) is 22.9. The maximum atomic E-state index is 13.0. The number of hydrogen-bond acceptors (Lipinski definition) is 6. The van der Waals surface area contributed by atoms with Gasteiger partial charge in [-0.25, -0.2) is 18.2 Å². The van der Waals surface area contributed by atoms with E-state index in [9.17, 15) is 18.0 Å². The molecular formula is C25H26N2O5S. The molecule has 1 saturated heterocycles. The molecule has 1 atom stereocenters. The van der Waals surface area contributed by atoms with Crippen molar-refractivity contribution < 1.29 is 22.7 Å². The van der Waals surface area contributed by atoms with Crippen LogP contribution in [-0.4, -0.2) is 60.9 Å². The van der Waals surface area contributed by atoms with Gasteiger partial charge in [-0.2, -0.15) is 0 Å². The predicted molar refractivity (Wildman–Crippen MR) is 127 cm³/mol. The van der Waals surface area contributed by atoms with Crippen LogP contribution < -0.4 is 0 Å². The third kappa shape index (κ3) is 5.22. The summed E-state index contributed by atoms with van der Waals surface area (Å²) in [4.78, 5) is 32.1. The van der Waals surface area contributed by atoms with Crippen LogP contribution >= 0.6 is 0 Å². The van der Waals surface area contributed by atoms with E-state index in [2.05, 4.69) is 4.98 Å². The molecule has 0 bridgehead atoms. The van der Waals surface area contributed by atoms with Gasteiger partial charge in [0.15, 0.2) is 16.4 Å². The molecule has 0 unspecified atom stereocenters. The zero-order valence-corrected chi connectivity index (χ0v) is 19.3. The van der Waals surface area contributed by atoms with E-state index >= 15 is 0 Å². The maximum Gasteiger partial charge on any atom is 0.339 e. The van der Waals surface area contributed by atoms with Gasteiger partial charge in [0.2, 0.25) is 0 Å². The second-order valence-corrected chi connectivity index (χ2v) is 10.4. The van der Waals surface area contributed by atoms with Crippen LogP contribution in [0.4, 0.5) is 0 Å². The summed E-state index contributed by atoms with van der Waals surface area (Å²) in [6, 6.07) is 18.1. The number of rotatable bonds is 7. The molecular weight excluding hydrogens is 440 g/mol. The SMILES string of the molecule is CCCN(C(=O)COC(=O)c1cc(-c2ccccc2)nc2ccccc12)[C@H]1CCS(=O)(=O)C1. The van der Waals surface area contributed by atoms with Crippen molar-refractivity contribution in [1.29, 1.82) is 0 Å². The van der Waals surface area contributed by atoms with E-state index in [1.807, 2.05) is 55.5 Å². The van der Waals surface area contributed by atoms with Gasteiger partial charge in [0.05, 0.1) is 28.3 Å². The van der Waals surface area contributed by atoms with Crippen LogP contribution in [0, 0.1) is 0 Å². The highest BCUT2D eigenvalue weighted by molar-refractivity contribution is 7.91. The highest BCUT2D eigenvalue weighted by atomic mass is 32.2. The van der Waals surface area contributed by atoms with Crippen molar-refractivity contribution in [3.63, 3.8) is 0 Å². The van der Waals surface area contributed by atoms with Crippen molar-refractivity contribution >= 4 is 32.6 Å². The lowest BCUT2D eigenvalue weighted by molar-refractivity contribution is -0.136. The molecule has 172 valence electrons. The Labute approximate surface area is 193 Å². The summed E-state index contributed by atoms with van der Waals surface area (Å²) in [5.74, 6) is -0.957. The number of fused-ring (bicyclic) bond motifs is 1. The molecule has 7 nitrogen and oxygen atoms in total. The second kappa shape index (κ2) is 9.70. The summed E-state index contributed by atoms with van der Waals surface area (Å²) < 4.78 is 29.2. The number of pyridine rings is 1. The van der Waals surface area contributed by atoms with Gasteiger partial charge in [0.1, 0.15) is 0 Å². The molecule has 8 heteroatoms. The van der Waals surface area contributed by atoms with Gasteiger partial charge in [-0.3, -0.25) is 4.79 Å². The first-order chi connectivity index (χ1) is 15.9. The minimum atomic E-state index is -3.13. The van der Waals surface area contributed by atoms with Crippen molar-refractivity contribution in [3.05, 3.63) is 66.2 Å². The Bertz CT molecular complexity index is 1270. The van der Waals surface area contributed by atoms with Gasteiger partial charge in [-0.05, 0) is 25.0 Å². The summed E-state index contributed by atoms with van der Waals surface area (Å²) >= 11 is 0. The fraction of sp³-hybridized carbons (Fsp3) is 0.320. The highest BCUT2D eigenvalue weighted by Crippen LogP contribution is 2.25. The van der Waals surface area contributed by atoms with Crippen molar-refractivity contribution in [2.75, 3.05) is 24.7 Å². The molecule has 3 aromatic rings. The van der Waals surface area contributed by atoms with E-state index in [-0.39, 0.29) is 23.5 Å². The normalized spacial score (nSPS) is 17.1. The van der Waals surface area contributed by atoms with Crippen molar-refractivity contribution in [2.24, 2.45) is 0 Å². The number of esters is 1. The lowest BCUT2D eigenvalue weighted by atomic mass is 10.0. The molecule has 0 radical (unpaired) electrons. The van der Waals surface area contributed by atoms with E-state index in [1.54, 1.807) is 12.1 Å². The molecule has 1 amide bonds. The van der Waals surface area contributed by atoms with Gasteiger partial charge in [0, 0.05) is 23.5 Å². The molecule has 1 aliphatic heterocycles. The summed E-state index contributed by atoms with van der Waals surface area (Å²) in [6.45, 7) is 1.91. The van der Waals surface area contributed by atoms with Crippen LogP contribution in [0.1, 0.15) is 30.1 Å². The van der Waals surface area contributed by atoms with E-state index in [1.165, 1.54) is 4.90 Å². The van der Waals surface area contributed by atoms with Crippen molar-refractivity contribution in [1.82, 2.24) is 9.88 Å². The Morgan fingerprint density at radius 1 is 1.09 bits per heavy atom. The molecule has 0 N–H and O–H groups in total. The molecule has 0 aliphatic carbocycles. The van der Waals surface area contributed by atoms with Crippen LogP contribution in [0.5, 0.6) is 0 Å². The van der Waals surface area contributed by atoms with Gasteiger partial charge >= 0.3 is 5.97 Å². The molecule has 2 heterocycles. The zero-order chi connectivity index (χ0) is 23.4. The Morgan fingerprint density at radius 2 is 1.82 bits per heavy atom. The Hall–Kier alpha value is -3.26. The largest absolute Gasteiger partial charge is 0.452 e. The topological polar surface area (TPSA) is 93.6 Å². The number of amides is 1. The number of ether oxygens (including phenoxy) is 1. The average molecular weight is 467 g/mol. The lowest BCUT2D eigenvalue weighted by Gasteiger charge is -2.27. The van der Waals surface area contributed by atoms with Crippen molar-refractivity contribution in [2.45, 2.75) is 25.8 Å². The summed E-state index contributed by atoms with van der Waals surface area (Å²) in [6.07, 6.45) is 1.10. The Balaban J connectivity index is 1.55. The molecule has 1 fully saturated rings. The van der Waals surface area contributed by atoms with Crippen LogP contribution in [-0.2, 0) is 19.4 Å². The summed E-state index contributed by atoms with van der Waals surface area (Å²) in [5.41, 5.74) is 2.49. The van der Waals surface area contributed by atoms with Crippen LogP contribution in [0.15, 0.2) is 60.7 Å². The molecule has 0 spiro atoms. The predicted octanol–water partition coefficient (Wildman–Crippen LogP) is 3.48. The van der Waals surface area contributed by atoms with E-state index in [0.717, 1.165) is 5.56 Å². The van der Waals surface area contributed by atoms with E-state index in [0.29, 0.717) is 41.5 Å². The first-order valence-electron chi connectivity index (χ1n) is 11.0. The average Bonchev–Trinajstić information content (AvgIpc) is 3.19. The number of carbonyl (C=O) groups is 2. The van der Waals surface area contributed by atoms with Crippen molar-refractivity contribution in [3.8, 4) is 11.3 Å². The van der Waals surface area contributed by atoms with Gasteiger partial charge in [-0.15, -0.1) is 0 Å². The van der Waals surface area contributed by atoms with E-state index in [4.69, 9.17) is 4.74 Å². The second-order valence-electron chi connectivity index (χ2n) is 8.16. The Morgan fingerprint density at radius 3 is 2.52 bits per heavy atom. The number of benzene rings is 2. The number of nitrogens with zero attached hydrogens (tertiary/aromatic N) is 2. The fourth-order valence-corrected chi connectivity index (χ4v) is 5.89. The molecule has 1 aliphatic rings. The van der Waals surface area contributed by atoms with Crippen LogP contribution in [0.2, 0.25) is 0 Å². The van der Waals surface area contributed by atoms with Crippen LogP contribution in [0.3, 0.4) is 0 Å². The number of sulfone groups is 1. The minimum Gasteiger partial charge on any atom is -0.452 e. The molecule has 0 saturated carbocycles. The van der Waals surface area contributed by atoms with Crippen LogP contribution in [0.25, 0.3) is 22.2 Å². The molecule has 4 rings (SSSR count). The third-order valence-electron chi connectivity index (χ3n) is 5.77. The Kier molecular flexibility index (Phi) is 6.74. The number of carbonyl (C=O) groups excluding carboxylic acids is 2. The van der Waals surface area contributed by atoms with Gasteiger partial charge in [-0.1, -0.05) is 55.5 Å². The molecule has 33 heavy (non-hydrogen) atoms. The molecule has 2 aromatic carbocycles. The smallest absolute Gasteiger partial charge is 0.339 e. The zero-order valence-electron chi connectivity index (χ0n) is 18.4. The minimum absolute atomic E-state index is 0.0396. The van der Waals surface area contributed by atoms with Gasteiger partial charge < -0.3 is 9.64 Å². The first-order valence-corrected chi connectivity index (χ1v) is 12.8. The monoisotopic (exact) mass is 466 g/mol. The lowest BCUT2D eigenvalue weighted by Crippen LogP contribution is -2.43. The fourth-order valence-electron chi connectivity index (χ4n) is 4.16. The van der Waals surface area contributed by atoms with E-state index < -0.39 is 22.4 Å². The number of para-hydroxylation sites is 1. The summed E-state index contributed by atoms with van der Waals surface area (Å²) in [5, 5.41) is 0.641. The summed E-state index contributed by atoms with van der Waals surface area (Å²) in [7, 11) is -3.13. The maximum absolute atomic E-state index is 13.0.